The second-order valence-corrected chi connectivity index (χ2v) is 8.12. The van der Waals surface area contributed by atoms with Gasteiger partial charge < -0.3 is 12.8 Å². The number of hydrogen-bond donors (Lipinski definition) is 0. The van der Waals surface area contributed by atoms with Crippen LogP contribution in [0.3, 0.4) is 0 Å². The van der Waals surface area contributed by atoms with E-state index in [1.165, 1.54) is 38.5 Å². The minimum absolute atomic E-state index is 0. The van der Waals surface area contributed by atoms with Crippen molar-refractivity contribution in [2.75, 3.05) is 0 Å². The first-order valence-electron chi connectivity index (χ1n) is 9.06. The first-order valence-corrected chi connectivity index (χ1v) is 9.06. The maximum atomic E-state index is 2.53. The van der Waals surface area contributed by atoms with Crippen LogP contribution in [0, 0.1) is 48.3 Å². The number of rotatable bonds is 2. The van der Waals surface area contributed by atoms with Gasteiger partial charge in [-0.2, -0.15) is 24.7 Å². The predicted molar refractivity (Wildman–Crippen MR) is 91.3 cm³/mol. The van der Waals surface area contributed by atoms with Gasteiger partial charge in [-0.1, -0.05) is 90.9 Å². The molecule has 0 aromatic heterocycles. The van der Waals surface area contributed by atoms with Crippen molar-refractivity contribution in [2.45, 2.75) is 80.1 Å². The molecular formula is C20H38Zn. The molecule has 0 heterocycles. The molecule has 4 atom stereocenters. The van der Waals surface area contributed by atoms with E-state index in [1.54, 1.807) is 0 Å². The van der Waals surface area contributed by atoms with Gasteiger partial charge in [-0.3, -0.25) is 0 Å². The van der Waals surface area contributed by atoms with Gasteiger partial charge in [0.2, 0.25) is 0 Å². The summed E-state index contributed by atoms with van der Waals surface area (Å²) in [6.07, 6.45) is 13.5. The first kappa shape index (κ1) is 21.6. The third-order valence-corrected chi connectivity index (χ3v) is 5.38. The van der Waals surface area contributed by atoms with Crippen molar-refractivity contribution < 1.29 is 19.5 Å². The van der Waals surface area contributed by atoms with E-state index >= 15 is 0 Å². The summed E-state index contributed by atoms with van der Waals surface area (Å²) in [6.45, 7) is 14.0. The van der Waals surface area contributed by atoms with Gasteiger partial charge in [0.1, 0.15) is 0 Å². The van der Waals surface area contributed by atoms with Crippen molar-refractivity contribution in [1.82, 2.24) is 0 Å². The Hall–Kier alpha value is 0.623. The summed E-state index contributed by atoms with van der Waals surface area (Å²) >= 11 is 0. The SMILES string of the molecule is CC1C[CH-]C(C(C)C)CC1.CC1C[CH-]C(C(C)C)CC1.[Zn+2]. The van der Waals surface area contributed by atoms with Crippen LogP contribution in [-0.4, -0.2) is 0 Å². The molecule has 0 aliphatic heterocycles. The summed E-state index contributed by atoms with van der Waals surface area (Å²) in [4.78, 5) is 0. The first-order chi connectivity index (χ1) is 9.40. The van der Waals surface area contributed by atoms with Crippen LogP contribution in [0.1, 0.15) is 80.1 Å². The predicted octanol–water partition coefficient (Wildman–Crippen LogP) is 6.56. The maximum Gasteiger partial charge on any atom is 2.00 e. The minimum Gasteiger partial charge on any atom is -0.325 e. The van der Waals surface area contributed by atoms with E-state index < -0.39 is 0 Å². The molecule has 2 rings (SSSR count). The molecule has 0 aromatic carbocycles. The zero-order valence-electron chi connectivity index (χ0n) is 15.6. The molecule has 0 aromatic rings. The van der Waals surface area contributed by atoms with E-state index in [2.05, 4.69) is 54.4 Å². The van der Waals surface area contributed by atoms with E-state index in [0.29, 0.717) is 0 Å². The third-order valence-electron chi connectivity index (χ3n) is 5.38. The summed E-state index contributed by atoms with van der Waals surface area (Å²) in [7, 11) is 0. The van der Waals surface area contributed by atoms with E-state index in [9.17, 15) is 0 Å². The molecule has 0 saturated heterocycles. The Labute approximate surface area is 148 Å². The maximum absolute atomic E-state index is 2.53. The van der Waals surface area contributed by atoms with Gasteiger partial charge in [0.25, 0.3) is 0 Å². The average molecular weight is 344 g/mol. The quantitative estimate of drug-likeness (QED) is 0.393. The normalized spacial score (nSPS) is 33.1. The Kier molecular flexibility index (Phi) is 11.5. The van der Waals surface area contributed by atoms with Crippen LogP contribution in [0.5, 0.6) is 0 Å². The van der Waals surface area contributed by atoms with Crippen molar-refractivity contribution >= 4 is 0 Å². The van der Waals surface area contributed by atoms with Crippen molar-refractivity contribution in [2.24, 2.45) is 35.5 Å². The Morgan fingerprint density at radius 2 is 1.00 bits per heavy atom. The van der Waals surface area contributed by atoms with Gasteiger partial charge in [0.05, 0.1) is 0 Å². The monoisotopic (exact) mass is 342 g/mol. The molecule has 2 aliphatic rings. The fourth-order valence-corrected chi connectivity index (χ4v) is 3.45. The standard InChI is InChI=1S/2C10H19.Zn/c2*1-8(2)10-6-4-9(3)5-7-10;/h2*6,8-10H,4-5,7H2,1-3H3;/q2*-1;+2. The topological polar surface area (TPSA) is 0 Å². The van der Waals surface area contributed by atoms with Gasteiger partial charge in [-0.25, -0.2) is 0 Å². The second-order valence-electron chi connectivity index (χ2n) is 8.12. The van der Waals surface area contributed by atoms with Crippen LogP contribution in [0.25, 0.3) is 0 Å². The van der Waals surface area contributed by atoms with E-state index in [-0.39, 0.29) is 19.5 Å². The summed E-state index contributed by atoms with van der Waals surface area (Å²) < 4.78 is 0. The van der Waals surface area contributed by atoms with Gasteiger partial charge in [0.15, 0.2) is 0 Å². The summed E-state index contributed by atoms with van der Waals surface area (Å²) in [5, 5.41) is 0. The molecule has 21 heavy (non-hydrogen) atoms. The van der Waals surface area contributed by atoms with Crippen LogP contribution < -0.4 is 0 Å². The molecule has 0 nitrogen and oxygen atoms in total. The zero-order chi connectivity index (χ0) is 15.1. The average Bonchev–Trinajstić information content (AvgIpc) is 2.40. The van der Waals surface area contributed by atoms with E-state index in [1.807, 2.05) is 0 Å². The summed E-state index contributed by atoms with van der Waals surface area (Å²) in [6, 6.07) is 0. The van der Waals surface area contributed by atoms with Crippen LogP contribution >= 0.6 is 0 Å². The van der Waals surface area contributed by atoms with Gasteiger partial charge in [-0.05, 0) is 0 Å². The van der Waals surface area contributed by atoms with Gasteiger partial charge in [-0.15, -0.1) is 0 Å². The molecule has 1 heteroatoms. The van der Waals surface area contributed by atoms with Crippen LogP contribution in [0.15, 0.2) is 0 Å². The summed E-state index contributed by atoms with van der Waals surface area (Å²) in [5.74, 6) is 5.47. The van der Waals surface area contributed by atoms with E-state index in [4.69, 9.17) is 0 Å². The number of hydrogen-bond acceptors (Lipinski definition) is 0. The van der Waals surface area contributed by atoms with Crippen molar-refractivity contribution in [3.63, 3.8) is 0 Å². The smallest absolute Gasteiger partial charge is 0.325 e. The Bertz CT molecular complexity index is 204. The molecule has 0 N–H and O–H groups in total. The van der Waals surface area contributed by atoms with Gasteiger partial charge >= 0.3 is 19.5 Å². The molecule has 0 bridgehead atoms. The van der Waals surface area contributed by atoms with Crippen LogP contribution in [0.4, 0.5) is 0 Å². The third kappa shape index (κ3) is 8.73. The molecular weight excluding hydrogens is 306 g/mol. The van der Waals surface area contributed by atoms with Gasteiger partial charge in [0, 0.05) is 0 Å². The fraction of sp³-hybridized carbons (Fsp3) is 0.900. The molecule has 2 aliphatic carbocycles. The van der Waals surface area contributed by atoms with Crippen molar-refractivity contribution in [1.29, 1.82) is 0 Å². The zero-order valence-corrected chi connectivity index (χ0v) is 18.5. The Morgan fingerprint density at radius 1 is 0.667 bits per heavy atom. The largest absolute Gasteiger partial charge is 2.00 e. The summed E-state index contributed by atoms with van der Waals surface area (Å²) in [5.41, 5.74) is 0. The van der Waals surface area contributed by atoms with Crippen molar-refractivity contribution in [3.05, 3.63) is 12.8 Å². The minimum atomic E-state index is 0. The molecule has 0 spiro atoms. The molecule has 4 unspecified atom stereocenters. The molecule has 0 amide bonds. The van der Waals surface area contributed by atoms with Crippen LogP contribution in [-0.2, 0) is 19.5 Å². The fourth-order valence-electron chi connectivity index (χ4n) is 3.45. The molecule has 2 fully saturated rings. The van der Waals surface area contributed by atoms with E-state index in [0.717, 1.165) is 35.5 Å². The van der Waals surface area contributed by atoms with Crippen molar-refractivity contribution in [3.8, 4) is 0 Å². The molecule has 0 radical (unpaired) electrons. The Morgan fingerprint density at radius 3 is 1.19 bits per heavy atom. The van der Waals surface area contributed by atoms with Crippen LogP contribution in [0.2, 0.25) is 0 Å². The molecule has 2 saturated carbocycles. The molecule has 120 valence electrons. The Balaban J connectivity index is 0.000000364. The second kappa shape index (κ2) is 11.2.